The van der Waals surface area contributed by atoms with Crippen molar-refractivity contribution in [1.29, 1.82) is 0 Å². The zero-order chi connectivity index (χ0) is 27.2. The average Bonchev–Trinajstić information content (AvgIpc) is 3.60. The van der Waals surface area contributed by atoms with E-state index in [0.717, 1.165) is 56.5 Å². The Morgan fingerprint density at radius 3 is 2.52 bits per heavy atom. The van der Waals surface area contributed by atoms with Crippen molar-refractivity contribution in [3.8, 4) is 10.4 Å². The fourth-order valence-corrected chi connectivity index (χ4v) is 6.80. The molecule has 1 aliphatic heterocycles. The molecule has 7 rings (SSSR count). The van der Waals surface area contributed by atoms with Gasteiger partial charge in [-0.05, 0) is 78.4 Å². The minimum Gasteiger partial charge on any atom is -0.422 e. The number of para-hydroxylation sites is 1. The van der Waals surface area contributed by atoms with Gasteiger partial charge in [-0.25, -0.2) is 14.8 Å². The van der Waals surface area contributed by atoms with Crippen molar-refractivity contribution in [2.45, 2.75) is 25.3 Å². The molecule has 1 saturated carbocycles. The predicted octanol–water partition coefficient (Wildman–Crippen LogP) is 9.02. The number of halogens is 2. The Kier molecular flexibility index (Phi) is 6.54. The van der Waals surface area contributed by atoms with Crippen LogP contribution < -0.4 is 10.6 Å². The summed E-state index contributed by atoms with van der Waals surface area (Å²) in [7, 11) is 0. The van der Waals surface area contributed by atoms with Crippen molar-refractivity contribution >= 4 is 62.4 Å². The molecule has 0 saturated heterocycles. The first-order valence-corrected chi connectivity index (χ1v) is 14.7. The lowest BCUT2D eigenvalue weighted by Crippen LogP contribution is -2.28. The van der Waals surface area contributed by atoms with E-state index in [1.807, 2.05) is 65.7 Å². The van der Waals surface area contributed by atoms with E-state index in [0.29, 0.717) is 16.2 Å². The average molecular weight is 585 g/mol. The summed E-state index contributed by atoms with van der Waals surface area (Å²) in [6.45, 7) is 0. The monoisotopic (exact) mass is 583 g/mol. The molecule has 0 N–H and O–H groups in total. The van der Waals surface area contributed by atoms with Crippen LogP contribution in [0.1, 0.15) is 36.4 Å². The Labute approximate surface area is 245 Å². The summed E-state index contributed by atoms with van der Waals surface area (Å²) in [6.07, 6.45) is 7.01. The number of benzene rings is 3. The van der Waals surface area contributed by atoms with Crippen LogP contribution in [0.4, 0.5) is 5.13 Å². The molecule has 0 amide bonds. The van der Waals surface area contributed by atoms with Gasteiger partial charge in [0, 0.05) is 27.5 Å². The SMILES string of the molecule is O=c1oc2ccccc2cc1-c1cnc(N2N=C3/C(=C/c4ccc(Cl)cc4)CCCC3C2c2ccc(Cl)cc2)s1. The minimum atomic E-state index is -0.377. The maximum absolute atomic E-state index is 12.9. The first-order valence-electron chi connectivity index (χ1n) is 13.1. The van der Waals surface area contributed by atoms with Crippen molar-refractivity contribution in [2.75, 3.05) is 5.01 Å². The number of allylic oxidation sites excluding steroid dienone is 1. The van der Waals surface area contributed by atoms with E-state index in [1.165, 1.54) is 16.9 Å². The number of hydrogen-bond acceptors (Lipinski definition) is 6. The molecule has 0 bridgehead atoms. The number of hydrogen-bond donors (Lipinski definition) is 0. The summed E-state index contributed by atoms with van der Waals surface area (Å²) in [5.74, 6) is 0.201. The predicted molar refractivity (Wildman–Crippen MR) is 164 cm³/mol. The highest BCUT2D eigenvalue weighted by atomic mass is 35.5. The molecular weight excluding hydrogens is 561 g/mol. The second-order valence-corrected chi connectivity index (χ2v) is 11.9. The third kappa shape index (κ3) is 4.66. The summed E-state index contributed by atoms with van der Waals surface area (Å²) in [5.41, 5.74) is 5.23. The smallest absolute Gasteiger partial charge is 0.345 e. The van der Waals surface area contributed by atoms with Gasteiger partial charge in [0.1, 0.15) is 5.58 Å². The van der Waals surface area contributed by atoms with Gasteiger partial charge in [0.15, 0.2) is 0 Å². The summed E-state index contributed by atoms with van der Waals surface area (Å²) in [5, 5.41) is 10.2. The Morgan fingerprint density at radius 2 is 1.73 bits per heavy atom. The lowest BCUT2D eigenvalue weighted by atomic mass is 9.77. The fraction of sp³-hybridized carbons (Fsp3) is 0.156. The van der Waals surface area contributed by atoms with E-state index in [2.05, 4.69) is 18.2 Å². The van der Waals surface area contributed by atoms with Crippen LogP contribution in [0.2, 0.25) is 10.0 Å². The molecule has 5 aromatic rings. The van der Waals surface area contributed by atoms with Gasteiger partial charge in [-0.3, -0.25) is 0 Å². The minimum absolute atomic E-state index is 0.0341. The van der Waals surface area contributed by atoms with Crippen LogP contribution in [0.3, 0.4) is 0 Å². The van der Waals surface area contributed by atoms with Crippen LogP contribution in [0.5, 0.6) is 0 Å². The molecule has 3 aromatic carbocycles. The van der Waals surface area contributed by atoms with Gasteiger partial charge < -0.3 is 4.42 Å². The summed E-state index contributed by atoms with van der Waals surface area (Å²) in [4.78, 5) is 18.4. The van der Waals surface area contributed by atoms with Crippen molar-refractivity contribution < 1.29 is 4.42 Å². The van der Waals surface area contributed by atoms with E-state index in [4.69, 9.17) is 37.7 Å². The van der Waals surface area contributed by atoms with Gasteiger partial charge in [0.2, 0.25) is 5.13 Å². The van der Waals surface area contributed by atoms with Crippen molar-refractivity contribution in [3.05, 3.63) is 122 Å². The molecule has 2 atom stereocenters. The Hall–Kier alpha value is -3.71. The van der Waals surface area contributed by atoms with Crippen LogP contribution in [-0.4, -0.2) is 10.7 Å². The van der Waals surface area contributed by atoms with Crippen molar-refractivity contribution in [3.63, 3.8) is 0 Å². The Bertz CT molecular complexity index is 1840. The standard InChI is InChI=1S/C32H23Cl2N3O2S/c33-23-12-8-19(9-13-23)16-22-5-3-6-25-29(22)36-37(30(25)20-10-14-24(34)15-11-20)32-35-18-28(40-32)26-17-21-4-1-2-7-27(21)39-31(26)38/h1-2,4,7-18,25,30H,3,5-6H2/b22-16+. The normalized spacial score (nSPS) is 19.7. The highest BCUT2D eigenvalue weighted by Crippen LogP contribution is 2.47. The number of fused-ring (bicyclic) bond motifs is 2. The van der Waals surface area contributed by atoms with Crippen molar-refractivity contribution in [1.82, 2.24) is 4.98 Å². The molecular formula is C32H23Cl2N3O2S. The van der Waals surface area contributed by atoms with Gasteiger partial charge >= 0.3 is 5.63 Å². The van der Waals surface area contributed by atoms with Crippen LogP contribution in [-0.2, 0) is 0 Å². The largest absolute Gasteiger partial charge is 0.422 e. The van der Waals surface area contributed by atoms with E-state index in [9.17, 15) is 4.79 Å². The number of aromatic nitrogens is 1. The second-order valence-electron chi connectivity index (χ2n) is 10.0. The molecule has 0 spiro atoms. The van der Waals surface area contributed by atoms with Gasteiger partial charge in [-0.2, -0.15) is 5.10 Å². The summed E-state index contributed by atoms with van der Waals surface area (Å²) in [6, 6.07) is 25.2. The lowest BCUT2D eigenvalue weighted by Gasteiger charge is -2.29. The third-order valence-corrected chi connectivity index (χ3v) is 9.04. The van der Waals surface area contributed by atoms with Crippen molar-refractivity contribution in [2.24, 2.45) is 11.0 Å². The van der Waals surface area contributed by atoms with Gasteiger partial charge in [0.05, 0.1) is 22.2 Å². The van der Waals surface area contributed by atoms with Crippen LogP contribution in [0, 0.1) is 5.92 Å². The number of hydrazone groups is 1. The zero-order valence-corrected chi connectivity index (χ0v) is 23.6. The van der Waals surface area contributed by atoms with Gasteiger partial charge in [-0.1, -0.05) is 77.0 Å². The van der Waals surface area contributed by atoms with Gasteiger partial charge in [0.25, 0.3) is 0 Å². The van der Waals surface area contributed by atoms with E-state index >= 15 is 0 Å². The summed E-state index contributed by atoms with van der Waals surface area (Å²) < 4.78 is 5.59. The van der Waals surface area contributed by atoms with Gasteiger partial charge in [-0.15, -0.1) is 0 Å². The third-order valence-electron chi connectivity index (χ3n) is 7.52. The maximum atomic E-state index is 12.9. The first kappa shape index (κ1) is 25.3. The van der Waals surface area contributed by atoms with Crippen LogP contribution >= 0.6 is 34.5 Å². The fourth-order valence-electron chi connectivity index (χ4n) is 5.64. The molecule has 0 radical (unpaired) electrons. The molecule has 8 heteroatoms. The molecule has 5 nitrogen and oxygen atoms in total. The molecule has 3 heterocycles. The van der Waals surface area contributed by atoms with Crippen LogP contribution in [0.25, 0.3) is 27.5 Å². The van der Waals surface area contributed by atoms with Crippen LogP contribution in [0.15, 0.2) is 105 Å². The number of nitrogens with zero attached hydrogens (tertiary/aromatic N) is 3. The Morgan fingerprint density at radius 1 is 0.975 bits per heavy atom. The molecule has 198 valence electrons. The van der Waals surface area contributed by atoms with E-state index in [1.54, 1.807) is 12.3 Å². The molecule has 2 unspecified atom stereocenters. The van der Waals surface area contributed by atoms with E-state index < -0.39 is 0 Å². The highest BCUT2D eigenvalue weighted by Gasteiger charge is 2.43. The maximum Gasteiger partial charge on any atom is 0.345 e. The second kappa shape index (κ2) is 10.4. The Balaban J connectivity index is 1.31. The molecule has 2 aromatic heterocycles. The highest BCUT2D eigenvalue weighted by molar-refractivity contribution is 7.18. The number of anilines is 1. The zero-order valence-electron chi connectivity index (χ0n) is 21.3. The lowest BCUT2D eigenvalue weighted by molar-refractivity contribution is 0.487. The molecule has 1 aliphatic carbocycles. The molecule has 1 fully saturated rings. The first-order chi connectivity index (χ1) is 19.5. The molecule has 2 aliphatic rings. The number of rotatable bonds is 4. The quantitative estimate of drug-likeness (QED) is 0.198. The topological polar surface area (TPSA) is 58.7 Å². The van der Waals surface area contributed by atoms with E-state index in [-0.39, 0.29) is 17.6 Å². The number of thiazole rings is 1. The summed E-state index contributed by atoms with van der Waals surface area (Å²) >= 11 is 13.8. The molecule has 40 heavy (non-hydrogen) atoms.